The zero-order valence-electron chi connectivity index (χ0n) is 11.8. The third-order valence-corrected chi connectivity index (χ3v) is 3.34. The average molecular weight is 287 g/mol. The second-order valence-electron chi connectivity index (χ2n) is 4.77. The van der Waals surface area contributed by atoms with Crippen molar-refractivity contribution in [2.45, 2.75) is 19.5 Å². The second-order valence-corrected chi connectivity index (χ2v) is 4.77. The molecule has 0 unspecified atom stereocenters. The molecule has 1 N–H and O–H groups in total. The molecule has 0 amide bonds. The first-order chi connectivity index (χ1) is 8.72. The van der Waals surface area contributed by atoms with E-state index in [-0.39, 0.29) is 12.4 Å². The Labute approximate surface area is 121 Å². The van der Waals surface area contributed by atoms with Crippen LogP contribution in [-0.4, -0.2) is 44.8 Å². The van der Waals surface area contributed by atoms with Crippen LogP contribution in [0.2, 0.25) is 0 Å². The highest BCUT2D eigenvalue weighted by molar-refractivity contribution is 5.85. The Balaban J connectivity index is 0.00000180. The molecular formula is C14H23ClN2O2. The van der Waals surface area contributed by atoms with Gasteiger partial charge < -0.3 is 14.8 Å². The Bertz CT molecular complexity index is 401. The third kappa shape index (κ3) is 4.27. The molecule has 1 aliphatic heterocycles. The molecule has 1 fully saturated rings. The van der Waals surface area contributed by atoms with E-state index in [4.69, 9.17) is 9.47 Å². The summed E-state index contributed by atoms with van der Waals surface area (Å²) in [6.45, 7) is 6.37. The number of ether oxygens (including phenoxy) is 2. The fourth-order valence-electron chi connectivity index (χ4n) is 2.38. The predicted octanol–water partition coefficient (Wildman–Crippen LogP) is 1.92. The van der Waals surface area contributed by atoms with Crippen LogP contribution < -0.4 is 14.8 Å². The lowest BCUT2D eigenvalue weighted by Gasteiger charge is -2.32. The SMILES string of the molecule is COc1ccc(CN2CCN[C@@H](C)C2)c(OC)c1.Cl. The molecule has 1 aromatic rings. The molecule has 1 aromatic carbocycles. The van der Waals surface area contributed by atoms with Crippen molar-refractivity contribution in [3.8, 4) is 11.5 Å². The van der Waals surface area contributed by atoms with E-state index in [1.165, 1.54) is 5.56 Å². The quantitative estimate of drug-likeness (QED) is 0.917. The largest absolute Gasteiger partial charge is 0.497 e. The van der Waals surface area contributed by atoms with Gasteiger partial charge in [-0.2, -0.15) is 0 Å². The van der Waals surface area contributed by atoms with Crippen molar-refractivity contribution < 1.29 is 9.47 Å². The van der Waals surface area contributed by atoms with Gasteiger partial charge in [0.15, 0.2) is 0 Å². The van der Waals surface area contributed by atoms with Gasteiger partial charge in [0.05, 0.1) is 14.2 Å². The molecule has 2 rings (SSSR count). The number of benzene rings is 1. The number of nitrogens with one attached hydrogen (secondary N) is 1. The van der Waals surface area contributed by atoms with Gasteiger partial charge in [-0.05, 0) is 13.0 Å². The van der Waals surface area contributed by atoms with Crippen LogP contribution in [0.3, 0.4) is 0 Å². The minimum absolute atomic E-state index is 0. The number of halogens is 1. The van der Waals surface area contributed by atoms with Crippen LogP contribution in [-0.2, 0) is 6.54 Å². The number of hydrogen-bond acceptors (Lipinski definition) is 4. The first kappa shape index (κ1) is 16.1. The summed E-state index contributed by atoms with van der Waals surface area (Å²) in [5.74, 6) is 1.74. The van der Waals surface area contributed by atoms with Crippen molar-refractivity contribution in [3.63, 3.8) is 0 Å². The maximum atomic E-state index is 5.43. The zero-order valence-corrected chi connectivity index (χ0v) is 12.6. The summed E-state index contributed by atoms with van der Waals surface area (Å²) in [7, 11) is 3.38. The third-order valence-electron chi connectivity index (χ3n) is 3.34. The number of hydrogen-bond donors (Lipinski definition) is 1. The van der Waals surface area contributed by atoms with Crippen LogP contribution in [0.25, 0.3) is 0 Å². The van der Waals surface area contributed by atoms with E-state index < -0.39 is 0 Å². The Kier molecular flexibility index (Phi) is 6.42. The van der Waals surface area contributed by atoms with Gasteiger partial charge in [-0.25, -0.2) is 0 Å². The van der Waals surface area contributed by atoms with Crippen LogP contribution in [0.1, 0.15) is 12.5 Å². The molecule has 0 bridgehead atoms. The van der Waals surface area contributed by atoms with E-state index in [0.717, 1.165) is 37.7 Å². The monoisotopic (exact) mass is 286 g/mol. The minimum Gasteiger partial charge on any atom is -0.497 e. The highest BCUT2D eigenvalue weighted by Gasteiger charge is 2.17. The van der Waals surface area contributed by atoms with Gasteiger partial charge in [-0.15, -0.1) is 12.4 Å². The average Bonchev–Trinajstić information content (AvgIpc) is 2.39. The molecule has 1 saturated heterocycles. The van der Waals surface area contributed by atoms with Gasteiger partial charge >= 0.3 is 0 Å². The Morgan fingerprint density at radius 3 is 2.74 bits per heavy atom. The molecule has 0 saturated carbocycles. The molecule has 0 aromatic heterocycles. The van der Waals surface area contributed by atoms with E-state index >= 15 is 0 Å². The zero-order chi connectivity index (χ0) is 13.0. The number of rotatable bonds is 4. The van der Waals surface area contributed by atoms with Crippen LogP contribution >= 0.6 is 12.4 Å². The summed E-state index contributed by atoms with van der Waals surface area (Å²) in [4.78, 5) is 2.45. The van der Waals surface area contributed by atoms with Crippen LogP contribution in [0.15, 0.2) is 18.2 Å². The first-order valence-electron chi connectivity index (χ1n) is 6.39. The van der Waals surface area contributed by atoms with Crippen molar-refractivity contribution in [1.29, 1.82) is 0 Å². The molecule has 0 spiro atoms. The number of piperazine rings is 1. The summed E-state index contributed by atoms with van der Waals surface area (Å²) >= 11 is 0. The van der Waals surface area contributed by atoms with Crippen molar-refractivity contribution in [1.82, 2.24) is 10.2 Å². The van der Waals surface area contributed by atoms with Gasteiger partial charge in [-0.1, -0.05) is 6.07 Å². The topological polar surface area (TPSA) is 33.7 Å². The molecule has 1 atom stereocenters. The molecule has 5 heteroatoms. The normalized spacial score (nSPS) is 19.6. The molecule has 0 aliphatic carbocycles. The highest BCUT2D eigenvalue weighted by atomic mass is 35.5. The molecular weight excluding hydrogens is 264 g/mol. The summed E-state index contributed by atoms with van der Waals surface area (Å²) in [6, 6.07) is 6.58. The van der Waals surface area contributed by atoms with Crippen LogP contribution in [0.4, 0.5) is 0 Å². The molecule has 4 nitrogen and oxygen atoms in total. The fraction of sp³-hybridized carbons (Fsp3) is 0.571. The maximum Gasteiger partial charge on any atom is 0.127 e. The van der Waals surface area contributed by atoms with Crippen LogP contribution in [0, 0.1) is 0 Å². The molecule has 1 heterocycles. The summed E-state index contributed by atoms with van der Waals surface area (Å²) in [5.41, 5.74) is 1.22. The van der Waals surface area contributed by atoms with Crippen molar-refractivity contribution in [2.75, 3.05) is 33.9 Å². The smallest absolute Gasteiger partial charge is 0.127 e. The van der Waals surface area contributed by atoms with Gasteiger partial charge in [0.1, 0.15) is 11.5 Å². The number of methoxy groups -OCH3 is 2. The summed E-state index contributed by atoms with van der Waals surface area (Å²) in [5, 5.41) is 3.45. The van der Waals surface area contributed by atoms with E-state index in [1.54, 1.807) is 14.2 Å². The molecule has 19 heavy (non-hydrogen) atoms. The number of nitrogens with zero attached hydrogens (tertiary/aromatic N) is 1. The predicted molar refractivity (Wildman–Crippen MR) is 79.5 cm³/mol. The lowest BCUT2D eigenvalue weighted by Crippen LogP contribution is -2.48. The second kappa shape index (κ2) is 7.58. The minimum atomic E-state index is 0. The van der Waals surface area contributed by atoms with Gasteiger partial charge in [0.2, 0.25) is 0 Å². The fourth-order valence-corrected chi connectivity index (χ4v) is 2.38. The van der Waals surface area contributed by atoms with Crippen molar-refractivity contribution >= 4 is 12.4 Å². The summed E-state index contributed by atoms with van der Waals surface area (Å²) in [6.07, 6.45) is 0. The summed E-state index contributed by atoms with van der Waals surface area (Å²) < 4.78 is 10.6. The molecule has 1 aliphatic rings. The Hall–Kier alpha value is -0.970. The molecule has 108 valence electrons. The van der Waals surface area contributed by atoms with E-state index in [1.807, 2.05) is 12.1 Å². The van der Waals surface area contributed by atoms with Crippen LogP contribution in [0.5, 0.6) is 11.5 Å². The Morgan fingerprint density at radius 2 is 2.11 bits per heavy atom. The van der Waals surface area contributed by atoms with Gasteiger partial charge in [-0.3, -0.25) is 4.90 Å². The van der Waals surface area contributed by atoms with Crippen molar-refractivity contribution in [2.24, 2.45) is 0 Å². The molecule has 0 radical (unpaired) electrons. The lowest BCUT2D eigenvalue weighted by atomic mass is 10.1. The van der Waals surface area contributed by atoms with Gasteiger partial charge in [0, 0.05) is 43.9 Å². The maximum absolute atomic E-state index is 5.43. The first-order valence-corrected chi connectivity index (χ1v) is 6.39. The van der Waals surface area contributed by atoms with E-state index in [9.17, 15) is 0 Å². The Morgan fingerprint density at radius 1 is 1.32 bits per heavy atom. The van der Waals surface area contributed by atoms with E-state index in [2.05, 4.69) is 23.2 Å². The highest BCUT2D eigenvalue weighted by Crippen LogP contribution is 2.25. The van der Waals surface area contributed by atoms with Gasteiger partial charge in [0.25, 0.3) is 0 Å². The van der Waals surface area contributed by atoms with Crippen molar-refractivity contribution in [3.05, 3.63) is 23.8 Å². The standard InChI is InChI=1S/C14H22N2O2.ClH/c1-11-9-16(7-6-15-11)10-12-4-5-13(17-2)8-14(12)18-3;/h4-5,8,11,15H,6-7,9-10H2,1-3H3;1H/t11-;/m0./s1. The lowest BCUT2D eigenvalue weighted by molar-refractivity contribution is 0.197. The van der Waals surface area contributed by atoms with E-state index in [0.29, 0.717) is 6.04 Å².